The summed E-state index contributed by atoms with van der Waals surface area (Å²) in [5.41, 5.74) is 0.0752. The van der Waals surface area contributed by atoms with E-state index in [-0.39, 0.29) is 22.9 Å². The Morgan fingerprint density at radius 3 is 2.84 bits per heavy atom. The smallest absolute Gasteiger partial charge is 0.259 e. The fourth-order valence-electron chi connectivity index (χ4n) is 3.17. The Hall–Kier alpha value is -2.25. The Kier molecular flexibility index (Phi) is 5.15. The number of morpholine rings is 1. The molecule has 25 heavy (non-hydrogen) atoms. The number of rotatable bonds is 4. The number of nitrogens with one attached hydrogen (secondary N) is 1. The number of halogens is 1. The molecule has 0 radical (unpaired) electrons. The number of likely N-dealkylation sites (N-methyl/N-ethyl adjacent to an activating group) is 1. The highest BCUT2D eigenvalue weighted by Gasteiger charge is 2.22. The summed E-state index contributed by atoms with van der Waals surface area (Å²) in [6.45, 7) is 5.60. The van der Waals surface area contributed by atoms with Gasteiger partial charge in [0.05, 0.1) is 13.2 Å². The molecule has 0 saturated carbocycles. The van der Waals surface area contributed by atoms with Crippen molar-refractivity contribution in [3.8, 4) is 0 Å². The summed E-state index contributed by atoms with van der Waals surface area (Å²) in [4.78, 5) is 31.9. The van der Waals surface area contributed by atoms with E-state index in [0.29, 0.717) is 25.3 Å². The number of H-pyrrole nitrogens is 1. The van der Waals surface area contributed by atoms with Crippen LogP contribution >= 0.6 is 0 Å². The van der Waals surface area contributed by atoms with Crippen molar-refractivity contribution in [3.05, 3.63) is 46.0 Å². The molecule has 1 aromatic heterocycles. The normalized spacial score (nSPS) is 16.8. The van der Waals surface area contributed by atoms with Gasteiger partial charge >= 0.3 is 0 Å². The SMILES string of the molecule is C[C@@H](CN(C)C(=O)c1c[nH]c2ccc(F)cc2c1=O)N1CCOCC1. The molecule has 1 aliphatic heterocycles. The molecule has 1 fully saturated rings. The van der Waals surface area contributed by atoms with Crippen LogP contribution in [0.3, 0.4) is 0 Å². The van der Waals surface area contributed by atoms with Crippen LogP contribution in [-0.4, -0.2) is 66.6 Å². The number of fused-ring (bicyclic) bond motifs is 1. The average Bonchev–Trinajstić information content (AvgIpc) is 2.62. The van der Waals surface area contributed by atoms with Gasteiger partial charge in [-0.1, -0.05) is 0 Å². The van der Waals surface area contributed by atoms with Crippen molar-refractivity contribution in [2.75, 3.05) is 39.9 Å². The molecule has 3 rings (SSSR count). The molecular weight excluding hydrogens is 325 g/mol. The Bertz CT molecular complexity index is 830. The van der Waals surface area contributed by atoms with Gasteiger partial charge in [0.15, 0.2) is 0 Å². The number of ether oxygens (including phenoxy) is 1. The second-order valence-corrected chi connectivity index (χ2v) is 6.40. The molecule has 1 aliphatic rings. The number of amides is 1. The van der Waals surface area contributed by atoms with E-state index in [4.69, 9.17) is 4.74 Å². The fraction of sp³-hybridized carbons (Fsp3) is 0.444. The van der Waals surface area contributed by atoms with E-state index in [2.05, 4.69) is 16.8 Å². The minimum absolute atomic E-state index is 0.0229. The van der Waals surface area contributed by atoms with E-state index in [1.165, 1.54) is 23.2 Å². The predicted molar refractivity (Wildman–Crippen MR) is 93.3 cm³/mol. The molecular formula is C18H22FN3O3. The third kappa shape index (κ3) is 3.72. The van der Waals surface area contributed by atoms with Gasteiger partial charge in [-0.05, 0) is 25.1 Å². The van der Waals surface area contributed by atoms with Crippen molar-refractivity contribution in [2.24, 2.45) is 0 Å². The quantitative estimate of drug-likeness (QED) is 0.909. The standard InChI is InChI=1S/C18H22FN3O3/c1-12(22-5-7-25-8-6-22)11-21(2)18(24)15-10-20-16-4-3-13(19)9-14(16)17(15)23/h3-4,9-10,12H,5-8,11H2,1-2H3,(H,20,23)/t12-/m0/s1. The number of hydrogen-bond donors (Lipinski definition) is 1. The highest BCUT2D eigenvalue weighted by molar-refractivity contribution is 5.97. The molecule has 2 aromatic rings. The van der Waals surface area contributed by atoms with Crippen molar-refractivity contribution < 1.29 is 13.9 Å². The molecule has 1 aromatic carbocycles. The highest BCUT2D eigenvalue weighted by atomic mass is 19.1. The van der Waals surface area contributed by atoms with Crippen LogP contribution in [0.2, 0.25) is 0 Å². The first-order valence-electron chi connectivity index (χ1n) is 8.35. The van der Waals surface area contributed by atoms with Gasteiger partial charge in [0.25, 0.3) is 5.91 Å². The maximum atomic E-state index is 13.4. The molecule has 2 heterocycles. The lowest BCUT2D eigenvalue weighted by molar-refractivity contribution is 0.0142. The monoisotopic (exact) mass is 347 g/mol. The largest absolute Gasteiger partial charge is 0.379 e. The van der Waals surface area contributed by atoms with Crippen LogP contribution in [-0.2, 0) is 4.74 Å². The van der Waals surface area contributed by atoms with Gasteiger partial charge in [-0.2, -0.15) is 0 Å². The second kappa shape index (κ2) is 7.33. The van der Waals surface area contributed by atoms with Gasteiger partial charge in [-0.25, -0.2) is 4.39 Å². The molecule has 1 atom stereocenters. The van der Waals surface area contributed by atoms with Crippen molar-refractivity contribution in [2.45, 2.75) is 13.0 Å². The second-order valence-electron chi connectivity index (χ2n) is 6.40. The number of hydrogen-bond acceptors (Lipinski definition) is 4. The van der Waals surface area contributed by atoms with Gasteiger partial charge in [0, 0.05) is 49.8 Å². The highest BCUT2D eigenvalue weighted by Crippen LogP contribution is 2.12. The van der Waals surface area contributed by atoms with Gasteiger partial charge in [0.1, 0.15) is 11.4 Å². The van der Waals surface area contributed by atoms with Crippen LogP contribution in [0.1, 0.15) is 17.3 Å². The van der Waals surface area contributed by atoms with E-state index >= 15 is 0 Å². The summed E-state index contributed by atoms with van der Waals surface area (Å²) in [5, 5.41) is 0.181. The Labute approximate surface area is 145 Å². The Morgan fingerprint density at radius 2 is 2.12 bits per heavy atom. The summed E-state index contributed by atoms with van der Waals surface area (Å²) >= 11 is 0. The average molecular weight is 347 g/mol. The predicted octanol–water partition coefficient (Wildman–Crippen LogP) is 1.46. The molecule has 134 valence electrons. The Balaban J connectivity index is 1.78. The minimum atomic E-state index is -0.503. The van der Waals surface area contributed by atoms with E-state index in [1.54, 1.807) is 7.05 Å². The van der Waals surface area contributed by atoms with E-state index in [0.717, 1.165) is 19.2 Å². The van der Waals surface area contributed by atoms with Crippen molar-refractivity contribution in [1.29, 1.82) is 0 Å². The lowest BCUT2D eigenvalue weighted by atomic mass is 10.1. The van der Waals surface area contributed by atoms with E-state index in [9.17, 15) is 14.0 Å². The van der Waals surface area contributed by atoms with Gasteiger partial charge in [0.2, 0.25) is 5.43 Å². The number of benzene rings is 1. The molecule has 1 saturated heterocycles. The summed E-state index contributed by atoms with van der Waals surface area (Å²) in [6.07, 6.45) is 1.40. The third-order valence-corrected chi connectivity index (χ3v) is 4.63. The molecule has 1 N–H and O–H groups in total. The zero-order chi connectivity index (χ0) is 18.0. The molecule has 7 heteroatoms. The molecule has 0 spiro atoms. The van der Waals surface area contributed by atoms with Crippen molar-refractivity contribution in [1.82, 2.24) is 14.8 Å². The van der Waals surface area contributed by atoms with Crippen LogP contribution in [0.15, 0.2) is 29.2 Å². The van der Waals surface area contributed by atoms with Crippen LogP contribution in [0.5, 0.6) is 0 Å². The molecule has 0 unspecified atom stereocenters. The first-order valence-corrected chi connectivity index (χ1v) is 8.35. The van der Waals surface area contributed by atoms with Crippen LogP contribution < -0.4 is 5.43 Å². The minimum Gasteiger partial charge on any atom is -0.379 e. The summed E-state index contributed by atoms with van der Waals surface area (Å²) in [6, 6.07) is 4.08. The molecule has 1 amide bonds. The maximum Gasteiger partial charge on any atom is 0.259 e. The van der Waals surface area contributed by atoms with Gasteiger partial charge in [-0.3, -0.25) is 14.5 Å². The van der Waals surface area contributed by atoms with Crippen LogP contribution in [0.4, 0.5) is 4.39 Å². The lowest BCUT2D eigenvalue weighted by Crippen LogP contribution is -2.48. The number of carbonyl (C=O) groups is 1. The van der Waals surface area contributed by atoms with Gasteiger partial charge in [-0.15, -0.1) is 0 Å². The lowest BCUT2D eigenvalue weighted by Gasteiger charge is -2.34. The number of pyridine rings is 1. The molecule has 6 nitrogen and oxygen atoms in total. The maximum absolute atomic E-state index is 13.4. The molecule has 0 bridgehead atoms. The number of nitrogens with zero attached hydrogens (tertiary/aromatic N) is 2. The van der Waals surface area contributed by atoms with E-state index in [1.807, 2.05) is 0 Å². The molecule has 0 aliphatic carbocycles. The van der Waals surface area contributed by atoms with Crippen molar-refractivity contribution in [3.63, 3.8) is 0 Å². The number of aromatic amines is 1. The topological polar surface area (TPSA) is 65.6 Å². The van der Waals surface area contributed by atoms with Crippen LogP contribution in [0.25, 0.3) is 10.9 Å². The zero-order valence-corrected chi connectivity index (χ0v) is 14.4. The Morgan fingerprint density at radius 1 is 1.40 bits per heavy atom. The number of carbonyl (C=O) groups excluding carboxylic acids is 1. The summed E-state index contributed by atoms with van der Waals surface area (Å²) in [5.74, 6) is -0.871. The first kappa shape index (κ1) is 17.6. The first-order chi connectivity index (χ1) is 12.0. The number of aromatic nitrogens is 1. The fourth-order valence-corrected chi connectivity index (χ4v) is 3.17. The summed E-state index contributed by atoms with van der Waals surface area (Å²) in [7, 11) is 1.68. The van der Waals surface area contributed by atoms with Crippen molar-refractivity contribution >= 4 is 16.8 Å². The third-order valence-electron chi connectivity index (χ3n) is 4.63. The van der Waals surface area contributed by atoms with Gasteiger partial charge < -0.3 is 14.6 Å². The zero-order valence-electron chi connectivity index (χ0n) is 14.4. The van der Waals surface area contributed by atoms with E-state index < -0.39 is 11.2 Å². The summed E-state index contributed by atoms with van der Waals surface area (Å²) < 4.78 is 18.8. The van der Waals surface area contributed by atoms with Crippen LogP contribution in [0, 0.1) is 5.82 Å².